The normalized spacial score (nSPS) is 14.8. The molecule has 0 aliphatic heterocycles. The summed E-state index contributed by atoms with van der Waals surface area (Å²) in [5.41, 5.74) is 3.54. The fourth-order valence-corrected chi connectivity index (χ4v) is 2.24. The summed E-state index contributed by atoms with van der Waals surface area (Å²) in [4.78, 5) is 4.23. The molecule has 0 atom stereocenters. The molecule has 0 spiro atoms. The van der Waals surface area contributed by atoms with E-state index in [1.165, 1.54) is 24.1 Å². The van der Waals surface area contributed by atoms with Gasteiger partial charge >= 0.3 is 0 Å². The lowest BCUT2D eigenvalue weighted by Gasteiger charge is -2.09. The quantitative estimate of drug-likeness (QED) is 0.808. The molecule has 0 amide bonds. The molecule has 1 fully saturated rings. The number of aromatic nitrogens is 3. The van der Waals surface area contributed by atoms with Gasteiger partial charge in [0.2, 0.25) is 0 Å². The number of nitrogens with one attached hydrogen (secondary N) is 1. The van der Waals surface area contributed by atoms with Crippen molar-refractivity contribution in [2.24, 2.45) is 0 Å². The van der Waals surface area contributed by atoms with Crippen LogP contribution in [0.15, 0.2) is 30.7 Å². The Morgan fingerprint density at radius 1 is 1.37 bits per heavy atom. The van der Waals surface area contributed by atoms with Crippen LogP contribution in [0.3, 0.4) is 0 Å². The van der Waals surface area contributed by atoms with Crippen LogP contribution >= 0.6 is 0 Å². The summed E-state index contributed by atoms with van der Waals surface area (Å²) in [6, 6.07) is 4.20. The topological polar surface area (TPSA) is 42.7 Å². The fraction of sp³-hybridized carbons (Fsp3) is 0.467. The molecule has 4 nitrogen and oxygen atoms in total. The molecule has 1 N–H and O–H groups in total. The lowest BCUT2D eigenvalue weighted by Crippen LogP contribution is -2.15. The minimum atomic E-state index is 0.694. The predicted molar refractivity (Wildman–Crippen MR) is 75.3 cm³/mol. The minimum absolute atomic E-state index is 0.694. The van der Waals surface area contributed by atoms with Crippen LogP contribution in [0, 0.1) is 0 Å². The summed E-state index contributed by atoms with van der Waals surface area (Å²) in [5.74, 6) is 0.694. The zero-order chi connectivity index (χ0) is 13.1. The first-order valence-electron chi connectivity index (χ1n) is 7.08. The van der Waals surface area contributed by atoms with E-state index in [2.05, 4.69) is 34.5 Å². The van der Waals surface area contributed by atoms with Crippen molar-refractivity contribution in [1.29, 1.82) is 0 Å². The Balaban J connectivity index is 1.81. The maximum Gasteiger partial charge on any atom is 0.0873 e. The zero-order valence-electron chi connectivity index (χ0n) is 11.3. The van der Waals surface area contributed by atoms with Crippen molar-refractivity contribution in [2.75, 3.05) is 6.54 Å². The minimum Gasteiger partial charge on any atom is -0.313 e. The van der Waals surface area contributed by atoms with Gasteiger partial charge in [-0.25, -0.2) is 4.68 Å². The highest BCUT2D eigenvalue weighted by Gasteiger charge is 2.26. The molecule has 0 unspecified atom stereocenters. The summed E-state index contributed by atoms with van der Waals surface area (Å²) < 4.78 is 1.96. The predicted octanol–water partition coefficient (Wildman–Crippen LogP) is 2.64. The number of hydrogen-bond acceptors (Lipinski definition) is 3. The molecule has 1 aliphatic rings. The summed E-state index contributed by atoms with van der Waals surface area (Å²) in [6.45, 7) is 4.08. The van der Waals surface area contributed by atoms with Crippen LogP contribution in [-0.2, 0) is 6.54 Å². The maximum atomic E-state index is 4.68. The molecule has 3 rings (SSSR count). The fourth-order valence-electron chi connectivity index (χ4n) is 2.24. The lowest BCUT2D eigenvalue weighted by atomic mass is 10.2. The first kappa shape index (κ1) is 12.4. The van der Waals surface area contributed by atoms with Gasteiger partial charge in [0.15, 0.2) is 0 Å². The van der Waals surface area contributed by atoms with Gasteiger partial charge in [-0.05, 0) is 43.5 Å². The van der Waals surface area contributed by atoms with Crippen molar-refractivity contribution in [3.05, 3.63) is 42.0 Å². The second-order valence-corrected chi connectivity index (χ2v) is 5.14. The monoisotopic (exact) mass is 256 g/mol. The van der Waals surface area contributed by atoms with Crippen LogP contribution in [0.4, 0.5) is 0 Å². The molecule has 0 saturated heterocycles. The summed E-state index contributed by atoms with van der Waals surface area (Å²) in [6.07, 6.45) is 9.51. The van der Waals surface area contributed by atoms with Crippen molar-refractivity contribution in [3.63, 3.8) is 0 Å². The second kappa shape index (κ2) is 5.53. The molecule has 1 saturated carbocycles. The van der Waals surface area contributed by atoms with E-state index < -0.39 is 0 Å². The molecule has 2 aromatic heterocycles. The molecule has 4 heteroatoms. The second-order valence-electron chi connectivity index (χ2n) is 5.14. The van der Waals surface area contributed by atoms with E-state index in [9.17, 15) is 0 Å². The lowest BCUT2D eigenvalue weighted by molar-refractivity contribution is 0.668. The van der Waals surface area contributed by atoms with Crippen LogP contribution in [-0.4, -0.2) is 21.3 Å². The zero-order valence-corrected chi connectivity index (χ0v) is 11.3. The first-order chi connectivity index (χ1) is 9.38. The van der Waals surface area contributed by atoms with Gasteiger partial charge in [0.1, 0.15) is 0 Å². The highest BCUT2D eigenvalue weighted by atomic mass is 15.3. The van der Waals surface area contributed by atoms with E-state index in [4.69, 9.17) is 0 Å². The van der Waals surface area contributed by atoms with Crippen molar-refractivity contribution >= 4 is 0 Å². The molecule has 100 valence electrons. The Labute approximate surface area is 113 Å². The molecule has 1 aliphatic carbocycles. The van der Waals surface area contributed by atoms with Crippen LogP contribution in [0.1, 0.15) is 43.4 Å². The van der Waals surface area contributed by atoms with Gasteiger partial charge in [-0.1, -0.05) is 6.92 Å². The summed E-state index contributed by atoms with van der Waals surface area (Å²) in [5, 5.41) is 8.11. The number of hydrogen-bond donors (Lipinski definition) is 1. The molecular formula is C15H20N4. The van der Waals surface area contributed by atoms with Crippen LogP contribution in [0.25, 0.3) is 5.69 Å². The largest absolute Gasteiger partial charge is 0.313 e. The third kappa shape index (κ3) is 2.84. The van der Waals surface area contributed by atoms with Crippen LogP contribution in [0.2, 0.25) is 0 Å². The third-order valence-corrected chi connectivity index (χ3v) is 3.48. The molecule has 0 radical (unpaired) electrons. The van der Waals surface area contributed by atoms with Gasteiger partial charge in [0, 0.05) is 24.9 Å². The highest BCUT2D eigenvalue weighted by molar-refractivity contribution is 5.38. The van der Waals surface area contributed by atoms with Crippen molar-refractivity contribution in [3.8, 4) is 5.69 Å². The standard InChI is InChI=1S/C15H20N4/c1-2-7-16-10-13-5-8-17-11-15(13)19-9-6-14(18-19)12-3-4-12/h5-6,8-9,11-12,16H,2-4,7,10H2,1H3. The Bertz CT molecular complexity index is 543. The van der Waals surface area contributed by atoms with Gasteiger partial charge in [0.25, 0.3) is 0 Å². The van der Waals surface area contributed by atoms with Gasteiger partial charge in [-0.15, -0.1) is 0 Å². The van der Waals surface area contributed by atoms with E-state index in [0.717, 1.165) is 25.2 Å². The van der Waals surface area contributed by atoms with Crippen molar-refractivity contribution in [2.45, 2.75) is 38.6 Å². The smallest absolute Gasteiger partial charge is 0.0873 e. The third-order valence-electron chi connectivity index (χ3n) is 3.48. The van der Waals surface area contributed by atoms with E-state index in [1.54, 1.807) is 0 Å². The summed E-state index contributed by atoms with van der Waals surface area (Å²) in [7, 11) is 0. The summed E-state index contributed by atoms with van der Waals surface area (Å²) >= 11 is 0. The van der Waals surface area contributed by atoms with Crippen LogP contribution in [0.5, 0.6) is 0 Å². The molecule has 0 aromatic carbocycles. The number of nitrogens with zero attached hydrogens (tertiary/aromatic N) is 3. The first-order valence-corrected chi connectivity index (χ1v) is 7.08. The van der Waals surface area contributed by atoms with E-state index in [1.807, 2.05) is 23.3 Å². The van der Waals surface area contributed by atoms with Gasteiger partial charge in [0.05, 0.1) is 17.6 Å². The van der Waals surface area contributed by atoms with E-state index in [-0.39, 0.29) is 0 Å². The van der Waals surface area contributed by atoms with E-state index >= 15 is 0 Å². The molecule has 19 heavy (non-hydrogen) atoms. The average Bonchev–Trinajstić information content (AvgIpc) is 3.18. The van der Waals surface area contributed by atoms with Gasteiger partial charge in [-0.2, -0.15) is 5.10 Å². The van der Waals surface area contributed by atoms with E-state index in [0.29, 0.717) is 5.92 Å². The molecule has 2 aromatic rings. The Hall–Kier alpha value is -1.68. The molecule has 0 bridgehead atoms. The number of rotatable bonds is 6. The van der Waals surface area contributed by atoms with Crippen LogP contribution < -0.4 is 5.32 Å². The molecular weight excluding hydrogens is 236 g/mol. The maximum absolute atomic E-state index is 4.68. The van der Waals surface area contributed by atoms with Gasteiger partial charge in [-0.3, -0.25) is 4.98 Å². The highest BCUT2D eigenvalue weighted by Crippen LogP contribution is 2.39. The SMILES string of the molecule is CCCNCc1ccncc1-n1ccc(C2CC2)n1. The van der Waals surface area contributed by atoms with Crippen molar-refractivity contribution in [1.82, 2.24) is 20.1 Å². The number of pyridine rings is 1. The average molecular weight is 256 g/mol. The molecule has 2 heterocycles. The van der Waals surface area contributed by atoms with Gasteiger partial charge < -0.3 is 5.32 Å². The van der Waals surface area contributed by atoms with Crippen molar-refractivity contribution < 1.29 is 0 Å². The Morgan fingerprint density at radius 3 is 3.05 bits per heavy atom. The Morgan fingerprint density at radius 2 is 2.26 bits per heavy atom. The Kier molecular flexibility index (Phi) is 3.60.